The van der Waals surface area contributed by atoms with Gasteiger partial charge in [0.15, 0.2) is 23.3 Å². The number of fused-ring (bicyclic) bond motifs is 2. The summed E-state index contributed by atoms with van der Waals surface area (Å²) in [5.74, 6) is -18.0. The highest BCUT2D eigenvalue weighted by Gasteiger charge is 2.43. The molecular formula is C27H8F12. The molecule has 0 heterocycles. The molecule has 0 saturated carbocycles. The van der Waals surface area contributed by atoms with E-state index in [-0.39, 0.29) is 0 Å². The average molecular weight is 560 g/mol. The third-order valence-electron chi connectivity index (χ3n) is 6.13. The molecule has 5 rings (SSSR count). The first-order valence-corrected chi connectivity index (χ1v) is 10.7. The predicted octanol–water partition coefficient (Wildman–Crippen LogP) is 9.60. The van der Waals surface area contributed by atoms with Gasteiger partial charge in [0, 0.05) is 38.9 Å². The van der Waals surface area contributed by atoms with Crippen LogP contribution in [-0.2, 0) is 6.18 Å². The Labute approximate surface area is 209 Å². The number of hydrogen-bond acceptors (Lipinski definition) is 0. The average Bonchev–Trinajstić information content (AvgIpc) is 2.84. The quantitative estimate of drug-likeness (QED) is 0.115. The molecule has 0 amide bonds. The predicted molar refractivity (Wildman–Crippen MR) is 117 cm³/mol. The standard InChI is InChI=1S/C27H8F12/c28-9-4-5-10(15(32)8-9)16-11-2-1-3-12(29)17(11)20(19-14(31)7-6-13(30)18(16)19)21-23(33)25(35)22(27(37,38)39)26(36)24(21)34/h1-8H. The van der Waals surface area contributed by atoms with Crippen LogP contribution in [0.4, 0.5) is 52.7 Å². The highest BCUT2D eigenvalue weighted by molar-refractivity contribution is 6.22. The van der Waals surface area contributed by atoms with Gasteiger partial charge in [0.05, 0.1) is 5.56 Å². The molecule has 12 heteroatoms. The van der Waals surface area contributed by atoms with Crippen LogP contribution in [0.15, 0.2) is 48.5 Å². The molecule has 0 bridgehead atoms. The van der Waals surface area contributed by atoms with Crippen molar-refractivity contribution in [2.24, 2.45) is 0 Å². The maximum Gasteiger partial charge on any atom is 0.422 e. The number of benzene rings is 5. The maximum atomic E-state index is 15.3. The SMILES string of the molecule is Fc1ccc(-c2c3cccc(F)c3c(-c3c(F)c(F)c(C(F)(F)F)c(F)c3F)c3c(F)ccc(F)c23)c(F)c1. The summed E-state index contributed by atoms with van der Waals surface area (Å²) in [6, 6.07) is 5.33. The van der Waals surface area contributed by atoms with Gasteiger partial charge in [0.25, 0.3) is 0 Å². The summed E-state index contributed by atoms with van der Waals surface area (Å²) in [6.45, 7) is 0. The molecule has 0 aromatic heterocycles. The van der Waals surface area contributed by atoms with Crippen LogP contribution in [0.25, 0.3) is 43.8 Å². The highest BCUT2D eigenvalue weighted by Crippen LogP contribution is 2.49. The van der Waals surface area contributed by atoms with Crippen LogP contribution in [0.3, 0.4) is 0 Å². The fourth-order valence-corrected chi connectivity index (χ4v) is 4.61. The largest absolute Gasteiger partial charge is 0.422 e. The minimum atomic E-state index is -5.91. The van der Waals surface area contributed by atoms with Gasteiger partial charge < -0.3 is 0 Å². The number of hydrogen-bond donors (Lipinski definition) is 0. The van der Waals surface area contributed by atoms with E-state index in [1.807, 2.05) is 0 Å². The van der Waals surface area contributed by atoms with Gasteiger partial charge >= 0.3 is 6.18 Å². The van der Waals surface area contributed by atoms with E-state index in [2.05, 4.69) is 0 Å². The molecule has 0 N–H and O–H groups in total. The Balaban J connectivity index is 2.12. The molecule has 0 spiro atoms. The lowest BCUT2D eigenvalue weighted by Gasteiger charge is -2.21. The summed E-state index contributed by atoms with van der Waals surface area (Å²) in [5, 5.41) is -3.84. The number of halogens is 12. The van der Waals surface area contributed by atoms with Crippen molar-refractivity contribution in [1.29, 1.82) is 0 Å². The van der Waals surface area contributed by atoms with E-state index in [1.165, 1.54) is 0 Å². The smallest absolute Gasteiger partial charge is 0.207 e. The van der Waals surface area contributed by atoms with Crippen LogP contribution >= 0.6 is 0 Å². The third kappa shape index (κ3) is 3.88. The van der Waals surface area contributed by atoms with Crippen LogP contribution in [0.1, 0.15) is 5.56 Å². The zero-order valence-corrected chi connectivity index (χ0v) is 18.7. The first-order valence-electron chi connectivity index (χ1n) is 10.7. The van der Waals surface area contributed by atoms with Gasteiger partial charge in [-0.25, -0.2) is 39.5 Å². The molecule has 200 valence electrons. The fourth-order valence-electron chi connectivity index (χ4n) is 4.61. The lowest BCUT2D eigenvalue weighted by Crippen LogP contribution is -2.16. The van der Waals surface area contributed by atoms with E-state index in [0.717, 1.165) is 24.3 Å². The molecule has 39 heavy (non-hydrogen) atoms. The lowest BCUT2D eigenvalue weighted by atomic mass is 9.84. The molecule has 0 aliphatic heterocycles. The van der Waals surface area contributed by atoms with Crippen molar-refractivity contribution in [3.05, 3.63) is 106 Å². The Morgan fingerprint density at radius 2 is 1.00 bits per heavy atom. The van der Waals surface area contributed by atoms with Gasteiger partial charge in [0.1, 0.15) is 34.6 Å². The second-order valence-electron chi connectivity index (χ2n) is 8.32. The molecule has 5 aromatic rings. The monoisotopic (exact) mass is 560 g/mol. The molecule has 5 aromatic carbocycles. The van der Waals surface area contributed by atoms with Crippen LogP contribution in [0.5, 0.6) is 0 Å². The van der Waals surface area contributed by atoms with E-state index < -0.39 is 108 Å². The topological polar surface area (TPSA) is 0 Å². The van der Waals surface area contributed by atoms with E-state index in [0.29, 0.717) is 24.3 Å². The molecule has 0 aliphatic rings. The zero-order chi connectivity index (χ0) is 28.5. The highest BCUT2D eigenvalue weighted by atomic mass is 19.4. The Hall–Kier alpha value is -4.22. The summed E-state index contributed by atoms with van der Waals surface area (Å²) < 4.78 is 173. The van der Waals surface area contributed by atoms with Gasteiger partial charge in [-0.1, -0.05) is 12.1 Å². The van der Waals surface area contributed by atoms with Gasteiger partial charge in [-0.3, -0.25) is 0 Å². The summed E-state index contributed by atoms with van der Waals surface area (Å²) in [7, 11) is 0. The Kier molecular flexibility index (Phi) is 6.04. The number of alkyl halides is 3. The molecule has 0 fully saturated rings. The van der Waals surface area contributed by atoms with Crippen molar-refractivity contribution in [2.45, 2.75) is 6.18 Å². The van der Waals surface area contributed by atoms with Crippen molar-refractivity contribution in [2.75, 3.05) is 0 Å². The van der Waals surface area contributed by atoms with Gasteiger partial charge in [-0.05, 0) is 35.7 Å². The summed E-state index contributed by atoms with van der Waals surface area (Å²) >= 11 is 0. The van der Waals surface area contributed by atoms with Crippen molar-refractivity contribution in [3.8, 4) is 22.3 Å². The van der Waals surface area contributed by atoms with Crippen LogP contribution in [0, 0.1) is 52.4 Å². The van der Waals surface area contributed by atoms with Crippen LogP contribution in [0.2, 0.25) is 0 Å². The van der Waals surface area contributed by atoms with Crippen LogP contribution in [-0.4, -0.2) is 0 Å². The fraction of sp³-hybridized carbons (Fsp3) is 0.0370. The lowest BCUT2D eigenvalue weighted by molar-refractivity contribution is -0.143. The normalized spacial score (nSPS) is 12.1. The van der Waals surface area contributed by atoms with E-state index in [9.17, 15) is 30.7 Å². The Morgan fingerprint density at radius 1 is 0.462 bits per heavy atom. The number of rotatable bonds is 2. The molecule has 0 saturated heterocycles. The van der Waals surface area contributed by atoms with Crippen molar-refractivity contribution < 1.29 is 52.7 Å². The summed E-state index contributed by atoms with van der Waals surface area (Å²) in [5.41, 5.74) is -7.53. The van der Waals surface area contributed by atoms with Gasteiger partial charge in [-0.2, -0.15) is 13.2 Å². The van der Waals surface area contributed by atoms with Gasteiger partial charge in [-0.15, -0.1) is 0 Å². The van der Waals surface area contributed by atoms with E-state index in [4.69, 9.17) is 0 Å². The molecule has 0 unspecified atom stereocenters. The second-order valence-corrected chi connectivity index (χ2v) is 8.32. The van der Waals surface area contributed by atoms with Gasteiger partial charge in [0.2, 0.25) is 0 Å². The first-order chi connectivity index (χ1) is 18.3. The zero-order valence-electron chi connectivity index (χ0n) is 18.7. The molecule has 0 radical (unpaired) electrons. The van der Waals surface area contributed by atoms with E-state index in [1.54, 1.807) is 0 Å². The van der Waals surface area contributed by atoms with Crippen molar-refractivity contribution in [1.82, 2.24) is 0 Å². The molecule has 0 atom stereocenters. The summed E-state index contributed by atoms with van der Waals surface area (Å²) in [4.78, 5) is 0. The first kappa shape index (κ1) is 26.4. The van der Waals surface area contributed by atoms with Crippen molar-refractivity contribution >= 4 is 21.5 Å². The summed E-state index contributed by atoms with van der Waals surface area (Å²) in [6.07, 6.45) is -5.91. The van der Waals surface area contributed by atoms with Crippen molar-refractivity contribution in [3.63, 3.8) is 0 Å². The van der Waals surface area contributed by atoms with Crippen LogP contribution < -0.4 is 0 Å². The third-order valence-corrected chi connectivity index (χ3v) is 6.13. The second kappa shape index (κ2) is 8.92. The molecule has 0 aliphatic carbocycles. The van der Waals surface area contributed by atoms with E-state index >= 15 is 22.0 Å². The molecular weight excluding hydrogens is 552 g/mol. The minimum Gasteiger partial charge on any atom is -0.207 e. The Bertz CT molecular complexity index is 1810. The maximum absolute atomic E-state index is 15.3. The molecule has 0 nitrogen and oxygen atoms in total. The minimum absolute atomic E-state index is 0.358. The Morgan fingerprint density at radius 3 is 1.54 bits per heavy atom.